The van der Waals surface area contributed by atoms with E-state index in [0.29, 0.717) is 48.5 Å². The van der Waals surface area contributed by atoms with Gasteiger partial charge in [0, 0.05) is 30.7 Å². The van der Waals surface area contributed by atoms with Gasteiger partial charge in [0.25, 0.3) is 0 Å². The summed E-state index contributed by atoms with van der Waals surface area (Å²) in [6.07, 6.45) is 4.16. The van der Waals surface area contributed by atoms with E-state index in [9.17, 15) is 4.79 Å². The van der Waals surface area contributed by atoms with E-state index >= 15 is 4.39 Å². The number of benzene rings is 1. The van der Waals surface area contributed by atoms with Crippen LogP contribution in [0.25, 0.3) is 10.9 Å². The Labute approximate surface area is 224 Å². The first-order chi connectivity index (χ1) is 17.1. The number of halogens is 3. The lowest BCUT2D eigenvalue weighted by Gasteiger charge is -2.36. The van der Waals surface area contributed by atoms with Crippen LogP contribution in [0.2, 0.25) is 5.02 Å². The molecule has 3 aliphatic rings. The molecule has 0 radical (unpaired) electrons. The lowest BCUT2D eigenvalue weighted by molar-refractivity contribution is 0.0240. The standard InChI is InChI=1S/C25H32BrClFN5O3/c1-24(2,3)36-23(34)32-12-10-31(11-13-32)21-18-16(26)14-17(27)19(28)20(18)29-22(30-21)35-15-25-6-4-8-33(25)9-5-7-25/h14H,4-13,15H2,1-3H3. The third-order valence-corrected chi connectivity index (χ3v) is 8.19. The van der Waals surface area contributed by atoms with Crippen molar-refractivity contribution in [1.82, 2.24) is 19.8 Å². The van der Waals surface area contributed by atoms with E-state index in [1.807, 2.05) is 25.7 Å². The highest BCUT2D eigenvalue weighted by atomic mass is 79.9. The number of piperazine rings is 1. The molecule has 0 atom stereocenters. The van der Waals surface area contributed by atoms with Crippen molar-refractivity contribution < 1.29 is 18.7 Å². The minimum Gasteiger partial charge on any atom is -0.461 e. The van der Waals surface area contributed by atoms with E-state index in [0.717, 1.165) is 38.8 Å². The predicted octanol–water partition coefficient (Wildman–Crippen LogP) is 5.25. The number of hydrogen-bond acceptors (Lipinski definition) is 7. The fraction of sp³-hybridized carbons (Fsp3) is 0.640. The maximum absolute atomic E-state index is 15.2. The molecule has 0 unspecified atom stereocenters. The molecule has 3 aliphatic heterocycles. The molecule has 0 saturated carbocycles. The Kier molecular flexibility index (Phi) is 6.97. The van der Waals surface area contributed by atoms with Crippen LogP contribution in [0.3, 0.4) is 0 Å². The Morgan fingerprint density at radius 3 is 2.44 bits per heavy atom. The molecule has 8 nitrogen and oxygen atoms in total. The lowest BCUT2D eigenvalue weighted by atomic mass is 9.95. The molecule has 0 bridgehead atoms. The molecule has 3 saturated heterocycles. The normalized spacial score (nSPS) is 20.2. The summed E-state index contributed by atoms with van der Waals surface area (Å²) >= 11 is 9.69. The van der Waals surface area contributed by atoms with Gasteiger partial charge in [-0.15, -0.1) is 0 Å². The molecule has 0 aliphatic carbocycles. The molecule has 196 valence electrons. The van der Waals surface area contributed by atoms with Crippen LogP contribution in [0.4, 0.5) is 15.0 Å². The van der Waals surface area contributed by atoms with Gasteiger partial charge in [-0.2, -0.15) is 9.97 Å². The van der Waals surface area contributed by atoms with Gasteiger partial charge in [0.05, 0.1) is 15.9 Å². The highest BCUT2D eigenvalue weighted by molar-refractivity contribution is 9.10. The van der Waals surface area contributed by atoms with Crippen molar-refractivity contribution in [2.45, 2.75) is 57.6 Å². The molecular formula is C25H32BrClFN5O3. The zero-order valence-corrected chi connectivity index (χ0v) is 23.3. The second-order valence-electron chi connectivity index (χ2n) is 10.9. The number of rotatable bonds is 4. The number of nitrogens with zero attached hydrogens (tertiary/aromatic N) is 5. The molecule has 3 fully saturated rings. The Bertz CT molecular complexity index is 1160. The topological polar surface area (TPSA) is 71.0 Å². The summed E-state index contributed by atoms with van der Waals surface area (Å²) in [5.41, 5.74) is -0.417. The Hall–Kier alpha value is -1.91. The fourth-order valence-corrected chi connectivity index (χ4v) is 6.47. The molecule has 5 rings (SSSR count). The zero-order chi connectivity index (χ0) is 25.7. The molecule has 1 amide bonds. The molecule has 0 spiro atoms. The van der Waals surface area contributed by atoms with Gasteiger partial charge < -0.3 is 19.3 Å². The Balaban J connectivity index is 1.42. The number of fused-ring (bicyclic) bond motifs is 2. The molecular weight excluding hydrogens is 553 g/mol. The molecule has 2 aromatic rings. The van der Waals surface area contributed by atoms with Gasteiger partial charge in [-0.1, -0.05) is 11.6 Å². The van der Waals surface area contributed by atoms with Gasteiger partial charge in [0.15, 0.2) is 5.82 Å². The fourth-order valence-electron chi connectivity index (χ4n) is 5.55. The first kappa shape index (κ1) is 25.7. The van der Waals surface area contributed by atoms with Gasteiger partial charge in [-0.05, 0) is 81.5 Å². The summed E-state index contributed by atoms with van der Waals surface area (Å²) in [6, 6.07) is 1.67. The summed E-state index contributed by atoms with van der Waals surface area (Å²) in [4.78, 5) is 28.0. The van der Waals surface area contributed by atoms with Gasteiger partial charge in [0.2, 0.25) is 0 Å². The van der Waals surface area contributed by atoms with Crippen molar-refractivity contribution in [3.63, 3.8) is 0 Å². The van der Waals surface area contributed by atoms with E-state index in [2.05, 4.69) is 25.8 Å². The largest absolute Gasteiger partial charge is 0.461 e. The number of amides is 1. The van der Waals surface area contributed by atoms with E-state index in [4.69, 9.17) is 26.1 Å². The molecule has 4 heterocycles. The van der Waals surface area contributed by atoms with Crippen molar-refractivity contribution in [2.75, 3.05) is 50.8 Å². The smallest absolute Gasteiger partial charge is 0.410 e. The molecule has 1 aromatic carbocycles. The molecule has 11 heteroatoms. The number of hydrogen-bond donors (Lipinski definition) is 0. The van der Waals surface area contributed by atoms with Crippen LogP contribution in [0.5, 0.6) is 6.01 Å². The predicted molar refractivity (Wildman–Crippen MR) is 140 cm³/mol. The first-order valence-corrected chi connectivity index (χ1v) is 13.7. The Morgan fingerprint density at radius 2 is 1.81 bits per heavy atom. The van der Waals surface area contributed by atoms with Crippen molar-refractivity contribution in [2.24, 2.45) is 0 Å². The molecule has 1 aromatic heterocycles. The second-order valence-corrected chi connectivity index (χ2v) is 12.1. The third-order valence-electron chi connectivity index (χ3n) is 7.29. The minimum atomic E-state index is -0.600. The van der Waals surface area contributed by atoms with Crippen LogP contribution in [0.1, 0.15) is 46.5 Å². The highest BCUT2D eigenvalue weighted by Gasteiger charge is 2.45. The quantitative estimate of drug-likeness (QED) is 0.455. The SMILES string of the molecule is CC(C)(C)OC(=O)N1CCN(c2nc(OCC34CCCN3CCC4)nc3c(F)c(Cl)cc(Br)c23)CC1. The average Bonchev–Trinajstić information content (AvgIpc) is 3.40. The number of anilines is 1. The first-order valence-electron chi connectivity index (χ1n) is 12.5. The van der Waals surface area contributed by atoms with Gasteiger partial charge >= 0.3 is 12.1 Å². The van der Waals surface area contributed by atoms with Crippen LogP contribution in [0, 0.1) is 5.82 Å². The van der Waals surface area contributed by atoms with Gasteiger partial charge in [0.1, 0.15) is 23.5 Å². The Morgan fingerprint density at radius 1 is 1.14 bits per heavy atom. The summed E-state index contributed by atoms with van der Waals surface area (Å²) in [7, 11) is 0. The van der Waals surface area contributed by atoms with E-state index in [1.165, 1.54) is 6.07 Å². The minimum absolute atomic E-state index is 0.0175. The van der Waals surface area contributed by atoms with Crippen molar-refractivity contribution in [3.05, 3.63) is 21.4 Å². The molecule has 0 N–H and O–H groups in total. The lowest BCUT2D eigenvalue weighted by Crippen LogP contribution is -2.50. The maximum atomic E-state index is 15.2. The van der Waals surface area contributed by atoms with Crippen molar-refractivity contribution >= 4 is 50.3 Å². The van der Waals surface area contributed by atoms with Crippen LogP contribution in [0.15, 0.2) is 10.5 Å². The monoisotopic (exact) mass is 583 g/mol. The van der Waals surface area contributed by atoms with E-state index in [-0.39, 0.29) is 28.2 Å². The maximum Gasteiger partial charge on any atom is 0.410 e. The highest BCUT2D eigenvalue weighted by Crippen LogP contribution is 2.40. The summed E-state index contributed by atoms with van der Waals surface area (Å²) in [5.74, 6) is -0.0363. The van der Waals surface area contributed by atoms with E-state index in [1.54, 1.807) is 4.90 Å². The van der Waals surface area contributed by atoms with Gasteiger partial charge in [-0.25, -0.2) is 9.18 Å². The number of aromatic nitrogens is 2. The molecule has 36 heavy (non-hydrogen) atoms. The van der Waals surface area contributed by atoms with Crippen LogP contribution < -0.4 is 9.64 Å². The summed E-state index contributed by atoms with van der Waals surface area (Å²) in [6.45, 7) is 10.2. The summed E-state index contributed by atoms with van der Waals surface area (Å²) < 4.78 is 27.5. The number of ether oxygens (including phenoxy) is 2. The van der Waals surface area contributed by atoms with Crippen molar-refractivity contribution in [3.8, 4) is 6.01 Å². The van der Waals surface area contributed by atoms with Crippen LogP contribution >= 0.6 is 27.5 Å². The zero-order valence-electron chi connectivity index (χ0n) is 21.0. The number of carbonyl (C=O) groups is 1. The number of carbonyl (C=O) groups excluding carboxylic acids is 1. The summed E-state index contributed by atoms with van der Waals surface area (Å²) in [5, 5.41) is 0.521. The average molecular weight is 585 g/mol. The van der Waals surface area contributed by atoms with E-state index < -0.39 is 11.4 Å². The third kappa shape index (κ3) is 4.96. The van der Waals surface area contributed by atoms with Crippen molar-refractivity contribution in [1.29, 1.82) is 0 Å². The van der Waals surface area contributed by atoms with Gasteiger partial charge in [-0.3, -0.25) is 4.90 Å². The van der Waals surface area contributed by atoms with Crippen LogP contribution in [-0.2, 0) is 4.74 Å². The van der Waals surface area contributed by atoms with Crippen LogP contribution in [-0.4, -0.2) is 82.9 Å². The second kappa shape index (κ2) is 9.76.